The molecule has 7 heteroatoms. The Hall–Kier alpha value is -0.920. The Kier molecular flexibility index (Phi) is 4.59. The van der Waals surface area contributed by atoms with E-state index < -0.39 is 10.2 Å². The fraction of sp³-hybridized carbons (Fsp3) is 0.750. The summed E-state index contributed by atoms with van der Waals surface area (Å²) in [4.78, 5) is 7.10. The second-order valence-corrected chi connectivity index (χ2v) is 6.87. The molecule has 2 heterocycles. The minimum Gasteiger partial charge on any atom is -0.347 e. The van der Waals surface area contributed by atoms with Gasteiger partial charge < -0.3 is 4.98 Å². The average molecular weight is 286 g/mol. The van der Waals surface area contributed by atoms with E-state index in [1.165, 1.54) is 0 Å². The van der Waals surface area contributed by atoms with Crippen LogP contribution in [-0.2, 0) is 10.2 Å². The summed E-state index contributed by atoms with van der Waals surface area (Å²) >= 11 is 0. The summed E-state index contributed by atoms with van der Waals surface area (Å²) < 4.78 is 29.0. The third kappa shape index (κ3) is 3.55. The van der Waals surface area contributed by atoms with Crippen molar-refractivity contribution in [3.8, 4) is 0 Å². The fourth-order valence-corrected chi connectivity index (χ4v) is 4.03. The van der Waals surface area contributed by atoms with Crippen molar-refractivity contribution in [1.82, 2.24) is 19.0 Å². The molecular weight excluding hydrogens is 264 g/mol. The molecule has 6 nitrogen and oxygen atoms in total. The van der Waals surface area contributed by atoms with E-state index in [4.69, 9.17) is 0 Å². The molecule has 0 radical (unpaired) electrons. The van der Waals surface area contributed by atoms with Crippen molar-refractivity contribution in [1.29, 1.82) is 0 Å². The van der Waals surface area contributed by atoms with Gasteiger partial charge in [-0.15, -0.1) is 0 Å². The zero-order chi connectivity index (χ0) is 13.9. The molecule has 1 aromatic rings. The van der Waals surface area contributed by atoms with Crippen molar-refractivity contribution >= 4 is 10.2 Å². The van der Waals surface area contributed by atoms with Crippen molar-refractivity contribution < 1.29 is 8.42 Å². The highest BCUT2D eigenvalue weighted by Crippen LogP contribution is 2.20. The smallest absolute Gasteiger partial charge is 0.280 e. The lowest BCUT2D eigenvalue weighted by Gasteiger charge is -2.31. The minimum atomic E-state index is -3.43. The van der Waals surface area contributed by atoms with Crippen LogP contribution in [0.3, 0.4) is 0 Å². The van der Waals surface area contributed by atoms with Gasteiger partial charge in [0, 0.05) is 25.5 Å². The van der Waals surface area contributed by atoms with Crippen LogP contribution in [0.4, 0.5) is 0 Å². The molecule has 2 unspecified atom stereocenters. The summed E-state index contributed by atoms with van der Waals surface area (Å²) in [5.41, 5.74) is 0. The van der Waals surface area contributed by atoms with E-state index in [-0.39, 0.29) is 6.04 Å². The number of aromatic nitrogens is 2. The van der Waals surface area contributed by atoms with Crippen molar-refractivity contribution in [2.24, 2.45) is 5.92 Å². The maximum absolute atomic E-state index is 12.4. The molecule has 0 bridgehead atoms. The van der Waals surface area contributed by atoms with Gasteiger partial charge in [0.25, 0.3) is 10.2 Å². The molecule has 0 aromatic carbocycles. The number of nitrogens with one attached hydrogen (secondary N) is 2. The molecular formula is C12H22N4O2S. The van der Waals surface area contributed by atoms with Gasteiger partial charge in [0.1, 0.15) is 5.82 Å². The molecule has 1 saturated heterocycles. The van der Waals surface area contributed by atoms with Gasteiger partial charge in [0.15, 0.2) is 0 Å². The number of rotatable bonds is 5. The zero-order valence-electron chi connectivity index (χ0n) is 11.5. The van der Waals surface area contributed by atoms with E-state index in [9.17, 15) is 8.42 Å². The summed E-state index contributed by atoms with van der Waals surface area (Å²) in [6, 6.07) is -0.294. The highest BCUT2D eigenvalue weighted by molar-refractivity contribution is 7.87. The third-order valence-corrected chi connectivity index (χ3v) is 5.10. The van der Waals surface area contributed by atoms with Crippen molar-refractivity contribution in [2.75, 3.05) is 13.1 Å². The molecule has 108 valence electrons. The molecule has 0 amide bonds. The number of hydrogen-bond acceptors (Lipinski definition) is 3. The number of imidazole rings is 1. The lowest BCUT2D eigenvalue weighted by Crippen LogP contribution is -2.46. The van der Waals surface area contributed by atoms with Crippen molar-refractivity contribution in [2.45, 2.75) is 39.2 Å². The average Bonchev–Trinajstić information content (AvgIpc) is 2.90. The first-order valence-corrected chi connectivity index (χ1v) is 8.23. The summed E-state index contributed by atoms with van der Waals surface area (Å²) in [5, 5.41) is 0. The third-order valence-electron chi connectivity index (χ3n) is 3.51. The fourth-order valence-electron chi connectivity index (χ4n) is 2.42. The zero-order valence-corrected chi connectivity index (χ0v) is 12.3. The molecule has 19 heavy (non-hydrogen) atoms. The molecule has 1 aromatic heterocycles. The Morgan fingerprint density at radius 1 is 1.63 bits per heavy atom. The second kappa shape index (κ2) is 6.02. The predicted octanol–water partition coefficient (Wildman–Crippen LogP) is 1.43. The van der Waals surface area contributed by atoms with E-state index in [1.54, 1.807) is 16.7 Å². The summed E-state index contributed by atoms with van der Waals surface area (Å²) in [6.07, 6.45) is 6.03. The first-order valence-electron chi connectivity index (χ1n) is 6.79. The first-order chi connectivity index (χ1) is 9.03. The second-order valence-electron chi connectivity index (χ2n) is 5.16. The van der Waals surface area contributed by atoms with E-state index >= 15 is 0 Å². The normalized spacial score (nSPS) is 23.4. The lowest BCUT2D eigenvalue weighted by molar-refractivity contribution is 0.276. The Morgan fingerprint density at radius 3 is 3.00 bits per heavy atom. The van der Waals surface area contributed by atoms with Gasteiger partial charge in [-0.25, -0.2) is 4.98 Å². The van der Waals surface area contributed by atoms with Gasteiger partial charge in [-0.05, 0) is 25.2 Å². The van der Waals surface area contributed by atoms with Gasteiger partial charge in [-0.3, -0.25) is 0 Å². The minimum absolute atomic E-state index is 0.294. The monoisotopic (exact) mass is 286 g/mol. The van der Waals surface area contributed by atoms with E-state index in [0.29, 0.717) is 31.3 Å². The van der Waals surface area contributed by atoms with Crippen LogP contribution in [0, 0.1) is 5.92 Å². The number of H-pyrrole nitrogens is 1. The SMILES string of the molecule is CCC(NS(=O)(=O)N1CCCC(C)C1)c1ncc[nH]1. The molecule has 2 N–H and O–H groups in total. The van der Waals surface area contributed by atoms with Gasteiger partial charge in [0.2, 0.25) is 0 Å². The van der Waals surface area contributed by atoms with Crippen molar-refractivity contribution in [3.63, 3.8) is 0 Å². The lowest BCUT2D eigenvalue weighted by atomic mass is 10.0. The topological polar surface area (TPSA) is 78.1 Å². The quantitative estimate of drug-likeness (QED) is 0.859. The molecule has 0 spiro atoms. The number of aromatic amines is 1. The Bertz CT molecular complexity index is 486. The maximum Gasteiger partial charge on any atom is 0.280 e. The van der Waals surface area contributed by atoms with E-state index in [1.807, 2.05) is 6.92 Å². The number of piperidine rings is 1. The molecule has 1 fully saturated rings. The van der Waals surface area contributed by atoms with Gasteiger partial charge >= 0.3 is 0 Å². The van der Waals surface area contributed by atoms with Crippen LogP contribution < -0.4 is 4.72 Å². The van der Waals surface area contributed by atoms with Crippen LogP contribution in [0.2, 0.25) is 0 Å². The Balaban J connectivity index is 2.07. The molecule has 0 saturated carbocycles. The van der Waals surface area contributed by atoms with E-state index in [2.05, 4.69) is 21.6 Å². The highest BCUT2D eigenvalue weighted by Gasteiger charge is 2.29. The van der Waals surface area contributed by atoms with Gasteiger partial charge in [-0.1, -0.05) is 13.8 Å². The molecule has 1 aliphatic rings. The summed E-state index contributed by atoms with van der Waals surface area (Å²) in [6.45, 7) is 5.23. The van der Waals surface area contributed by atoms with Crippen LogP contribution in [0.15, 0.2) is 12.4 Å². The highest BCUT2D eigenvalue weighted by atomic mass is 32.2. The van der Waals surface area contributed by atoms with Crippen LogP contribution in [0.25, 0.3) is 0 Å². The molecule has 2 rings (SSSR count). The molecule has 1 aliphatic heterocycles. The largest absolute Gasteiger partial charge is 0.347 e. The molecule has 2 atom stereocenters. The molecule has 0 aliphatic carbocycles. The van der Waals surface area contributed by atoms with E-state index in [0.717, 1.165) is 12.8 Å². The standard InChI is InChI=1S/C12H22N4O2S/c1-3-11(12-13-6-7-14-12)15-19(17,18)16-8-4-5-10(2)9-16/h6-7,10-11,15H,3-5,8-9H2,1-2H3,(H,13,14). The van der Waals surface area contributed by atoms with Crippen LogP contribution in [0.1, 0.15) is 45.0 Å². The first kappa shape index (κ1) is 14.5. The number of hydrogen-bond donors (Lipinski definition) is 2. The van der Waals surface area contributed by atoms with Crippen LogP contribution in [-0.4, -0.2) is 35.8 Å². The number of nitrogens with zero attached hydrogens (tertiary/aromatic N) is 2. The summed E-state index contributed by atoms with van der Waals surface area (Å²) in [5.74, 6) is 1.09. The van der Waals surface area contributed by atoms with Crippen LogP contribution in [0.5, 0.6) is 0 Å². The van der Waals surface area contributed by atoms with Gasteiger partial charge in [0.05, 0.1) is 6.04 Å². The maximum atomic E-state index is 12.4. The summed E-state index contributed by atoms with van der Waals surface area (Å²) in [7, 11) is -3.43. The Morgan fingerprint density at radius 2 is 2.42 bits per heavy atom. The van der Waals surface area contributed by atoms with Crippen LogP contribution >= 0.6 is 0 Å². The van der Waals surface area contributed by atoms with Crippen molar-refractivity contribution in [3.05, 3.63) is 18.2 Å². The van der Waals surface area contributed by atoms with Gasteiger partial charge in [-0.2, -0.15) is 17.4 Å². The predicted molar refractivity (Wildman–Crippen MR) is 73.6 cm³/mol. The Labute approximate surface area is 114 Å².